The fourth-order valence-electron chi connectivity index (χ4n) is 1.77. The second-order valence-corrected chi connectivity index (χ2v) is 4.79. The van der Waals surface area contributed by atoms with Crippen molar-refractivity contribution in [2.45, 2.75) is 13.2 Å². The first-order valence-electron chi connectivity index (χ1n) is 6.24. The number of benzene rings is 1. The van der Waals surface area contributed by atoms with E-state index in [1.165, 1.54) is 0 Å². The van der Waals surface area contributed by atoms with Crippen LogP contribution in [0, 0.1) is 4.64 Å². The normalized spacial score (nSPS) is 10.3. The minimum atomic E-state index is -0.933. The van der Waals surface area contributed by atoms with E-state index < -0.39 is 5.97 Å². The fraction of sp³-hybridized carbons (Fsp3) is 0.214. The molecule has 1 aromatic carbocycles. The van der Waals surface area contributed by atoms with Crippen molar-refractivity contribution in [2.75, 3.05) is 12.4 Å². The molecule has 0 saturated carbocycles. The van der Waals surface area contributed by atoms with Gasteiger partial charge in [-0.15, -0.1) is 0 Å². The molecule has 0 aliphatic rings. The summed E-state index contributed by atoms with van der Waals surface area (Å²) < 4.78 is 5.49. The highest BCUT2D eigenvalue weighted by Gasteiger charge is 2.02. The van der Waals surface area contributed by atoms with Crippen molar-refractivity contribution in [1.82, 2.24) is 9.97 Å². The Balaban J connectivity index is 2.05. The summed E-state index contributed by atoms with van der Waals surface area (Å²) in [6, 6.07) is 8.40. The summed E-state index contributed by atoms with van der Waals surface area (Å²) in [5, 5.41) is 12.0. The molecule has 7 heteroatoms. The van der Waals surface area contributed by atoms with Crippen molar-refractivity contribution in [3.63, 3.8) is 0 Å². The third-order valence-electron chi connectivity index (χ3n) is 2.76. The minimum Gasteiger partial charge on any atom is -0.478 e. The highest BCUT2D eigenvalue weighted by atomic mass is 32.1. The van der Waals surface area contributed by atoms with E-state index in [9.17, 15) is 4.79 Å². The standard InChI is InChI=1S/C14H15N3O3S/c1-20-8-12-16-11(6-13(21)17-12)15-7-9-2-4-10(5-3-9)14(18)19/h2-6H,7-8H2,1H3,(H,18,19)(H2,15,16,17,21). The van der Waals surface area contributed by atoms with Gasteiger partial charge in [-0.1, -0.05) is 24.4 Å². The van der Waals surface area contributed by atoms with Crippen LogP contribution in [0.5, 0.6) is 0 Å². The van der Waals surface area contributed by atoms with Gasteiger partial charge < -0.3 is 20.1 Å². The molecule has 0 aliphatic heterocycles. The van der Waals surface area contributed by atoms with E-state index in [-0.39, 0.29) is 5.56 Å². The number of anilines is 1. The quantitative estimate of drug-likeness (QED) is 0.711. The lowest BCUT2D eigenvalue weighted by Crippen LogP contribution is -2.05. The number of ether oxygens (including phenoxy) is 1. The number of aromatic carboxylic acids is 1. The van der Waals surface area contributed by atoms with Gasteiger partial charge in [-0.2, -0.15) is 0 Å². The number of hydrogen-bond donors (Lipinski definition) is 3. The van der Waals surface area contributed by atoms with Gasteiger partial charge in [-0.05, 0) is 17.7 Å². The topological polar surface area (TPSA) is 87.2 Å². The number of aromatic amines is 1. The molecule has 1 aromatic heterocycles. The van der Waals surface area contributed by atoms with Crippen molar-refractivity contribution < 1.29 is 14.6 Å². The number of methoxy groups -OCH3 is 1. The first kappa shape index (κ1) is 15.1. The van der Waals surface area contributed by atoms with Gasteiger partial charge in [0.05, 0.1) is 5.56 Å². The maximum absolute atomic E-state index is 10.8. The largest absolute Gasteiger partial charge is 0.478 e. The van der Waals surface area contributed by atoms with E-state index in [2.05, 4.69) is 15.3 Å². The highest BCUT2D eigenvalue weighted by molar-refractivity contribution is 7.71. The first-order valence-corrected chi connectivity index (χ1v) is 6.64. The summed E-state index contributed by atoms with van der Waals surface area (Å²) in [7, 11) is 1.59. The monoisotopic (exact) mass is 305 g/mol. The Morgan fingerprint density at radius 1 is 1.43 bits per heavy atom. The van der Waals surface area contributed by atoms with Crippen molar-refractivity contribution in [3.05, 3.63) is 51.9 Å². The van der Waals surface area contributed by atoms with Gasteiger partial charge in [0.1, 0.15) is 22.9 Å². The van der Waals surface area contributed by atoms with Crippen LogP contribution in [0.15, 0.2) is 30.3 Å². The summed E-state index contributed by atoms with van der Waals surface area (Å²) in [6.45, 7) is 0.897. The van der Waals surface area contributed by atoms with Gasteiger partial charge in [0.15, 0.2) is 0 Å². The van der Waals surface area contributed by atoms with Gasteiger partial charge in [-0.3, -0.25) is 0 Å². The van der Waals surface area contributed by atoms with Crippen molar-refractivity contribution in [2.24, 2.45) is 0 Å². The zero-order valence-corrected chi connectivity index (χ0v) is 12.2. The fourth-order valence-corrected chi connectivity index (χ4v) is 2.00. The van der Waals surface area contributed by atoms with Gasteiger partial charge in [0.2, 0.25) is 0 Å². The lowest BCUT2D eigenvalue weighted by atomic mass is 10.1. The van der Waals surface area contributed by atoms with Crippen LogP contribution in [0.3, 0.4) is 0 Å². The Bertz CT molecular complexity index is 683. The molecule has 21 heavy (non-hydrogen) atoms. The van der Waals surface area contributed by atoms with Gasteiger partial charge in [-0.25, -0.2) is 9.78 Å². The number of nitrogens with zero attached hydrogens (tertiary/aromatic N) is 1. The second kappa shape index (κ2) is 6.96. The molecular formula is C14H15N3O3S. The average Bonchev–Trinajstić information content (AvgIpc) is 2.45. The lowest BCUT2D eigenvalue weighted by molar-refractivity contribution is 0.0697. The third-order valence-corrected chi connectivity index (χ3v) is 2.97. The molecule has 2 aromatic rings. The molecule has 1 heterocycles. The number of hydrogen-bond acceptors (Lipinski definition) is 5. The van der Waals surface area contributed by atoms with Crippen molar-refractivity contribution >= 4 is 24.0 Å². The molecule has 0 bridgehead atoms. The Hall–Kier alpha value is -2.25. The molecule has 0 radical (unpaired) electrons. The number of nitrogens with one attached hydrogen (secondary N) is 2. The number of rotatable bonds is 6. The van der Waals surface area contributed by atoms with E-state index in [0.29, 0.717) is 23.6 Å². The summed E-state index contributed by atoms with van der Waals surface area (Å²) >= 11 is 5.09. The average molecular weight is 305 g/mol. The summed E-state index contributed by atoms with van der Waals surface area (Å²) in [6.07, 6.45) is 0. The molecule has 110 valence electrons. The predicted octanol–water partition coefficient (Wildman–Crippen LogP) is 2.60. The smallest absolute Gasteiger partial charge is 0.335 e. The minimum absolute atomic E-state index is 0.268. The van der Waals surface area contributed by atoms with Crippen LogP contribution in [0.4, 0.5) is 5.82 Å². The second-order valence-electron chi connectivity index (χ2n) is 4.37. The predicted molar refractivity (Wildman–Crippen MR) is 80.9 cm³/mol. The summed E-state index contributed by atoms with van der Waals surface area (Å²) in [4.78, 5) is 18.0. The van der Waals surface area contributed by atoms with Crippen LogP contribution in [0.25, 0.3) is 0 Å². The van der Waals surface area contributed by atoms with E-state index in [1.807, 2.05) is 0 Å². The van der Waals surface area contributed by atoms with Crippen LogP contribution in [0.1, 0.15) is 21.7 Å². The molecule has 0 saturated heterocycles. The molecule has 0 aliphatic carbocycles. The Morgan fingerprint density at radius 2 is 2.14 bits per heavy atom. The molecular weight excluding hydrogens is 290 g/mol. The molecule has 0 fully saturated rings. The molecule has 2 rings (SSSR count). The van der Waals surface area contributed by atoms with E-state index in [4.69, 9.17) is 22.1 Å². The van der Waals surface area contributed by atoms with E-state index in [1.54, 1.807) is 37.4 Å². The number of carboxylic acids is 1. The van der Waals surface area contributed by atoms with Crippen molar-refractivity contribution in [1.29, 1.82) is 0 Å². The van der Waals surface area contributed by atoms with Gasteiger partial charge >= 0.3 is 5.97 Å². The maximum atomic E-state index is 10.8. The van der Waals surface area contributed by atoms with Crippen LogP contribution < -0.4 is 5.32 Å². The highest BCUT2D eigenvalue weighted by Crippen LogP contribution is 2.09. The van der Waals surface area contributed by atoms with E-state index in [0.717, 1.165) is 11.4 Å². The molecule has 0 amide bonds. The van der Waals surface area contributed by atoms with Crippen molar-refractivity contribution in [3.8, 4) is 0 Å². The first-order chi connectivity index (χ1) is 10.1. The Kier molecular flexibility index (Phi) is 5.02. The molecule has 3 N–H and O–H groups in total. The number of carboxylic acid groups (broad SMARTS) is 1. The Labute approximate surface area is 126 Å². The van der Waals surface area contributed by atoms with Crippen LogP contribution in [-0.4, -0.2) is 28.2 Å². The van der Waals surface area contributed by atoms with Gasteiger partial charge in [0, 0.05) is 19.7 Å². The van der Waals surface area contributed by atoms with Crippen LogP contribution >= 0.6 is 12.2 Å². The molecule has 0 spiro atoms. The zero-order chi connectivity index (χ0) is 15.2. The summed E-state index contributed by atoms with van der Waals surface area (Å²) in [5.41, 5.74) is 1.23. The number of H-pyrrole nitrogens is 1. The molecule has 0 atom stereocenters. The number of carbonyl (C=O) groups is 1. The summed E-state index contributed by atoms with van der Waals surface area (Å²) in [5.74, 6) is 0.454. The molecule has 6 nitrogen and oxygen atoms in total. The Morgan fingerprint density at radius 3 is 2.76 bits per heavy atom. The van der Waals surface area contributed by atoms with Crippen LogP contribution in [-0.2, 0) is 17.9 Å². The van der Waals surface area contributed by atoms with Gasteiger partial charge in [0.25, 0.3) is 0 Å². The number of aromatic nitrogens is 2. The maximum Gasteiger partial charge on any atom is 0.335 e. The third kappa shape index (κ3) is 4.37. The zero-order valence-electron chi connectivity index (χ0n) is 11.4. The molecule has 0 unspecified atom stereocenters. The lowest BCUT2D eigenvalue weighted by Gasteiger charge is -2.08. The van der Waals surface area contributed by atoms with E-state index >= 15 is 0 Å². The van der Waals surface area contributed by atoms with Crippen LogP contribution in [0.2, 0.25) is 0 Å². The SMILES string of the molecule is COCc1nc(=S)cc(NCc2ccc(C(=O)O)cc2)[nH]1.